The predicted octanol–water partition coefficient (Wildman–Crippen LogP) is 3.90. The van der Waals surface area contributed by atoms with Gasteiger partial charge >= 0.3 is 0 Å². The van der Waals surface area contributed by atoms with Gasteiger partial charge in [-0.05, 0) is 18.3 Å². The Bertz CT molecular complexity index is 294. The van der Waals surface area contributed by atoms with Gasteiger partial charge in [-0.2, -0.15) is 0 Å². The van der Waals surface area contributed by atoms with Crippen LogP contribution >= 0.6 is 0 Å². The number of hydrogen-bond acceptors (Lipinski definition) is 1. The predicted molar refractivity (Wildman–Crippen MR) is 64.7 cm³/mol. The van der Waals surface area contributed by atoms with Crippen LogP contribution in [0.1, 0.15) is 47.0 Å². The van der Waals surface area contributed by atoms with Crippen molar-refractivity contribution in [2.24, 2.45) is 11.3 Å². The van der Waals surface area contributed by atoms with Crippen molar-refractivity contribution in [2.75, 3.05) is 0 Å². The van der Waals surface area contributed by atoms with Gasteiger partial charge in [-0.3, -0.25) is 4.79 Å². The first-order valence-corrected chi connectivity index (χ1v) is 5.94. The quantitative estimate of drug-likeness (QED) is 0.681. The topological polar surface area (TPSA) is 17.1 Å². The molecule has 0 N–H and O–H groups in total. The second-order valence-electron chi connectivity index (χ2n) is 4.92. The van der Waals surface area contributed by atoms with E-state index in [9.17, 15) is 4.79 Å². The molecule has 0 aliphatic heterocycles. The second-order valence-corrected chi connectivity index (χ2v) is 4.92. The highest BCUT2D eigenvalue weighted by Crippen LogP contribution is 2.39. The minimum absolute atomic E-state index is 0.00759. The number of carbonyl (C=O) groups excluding carboxylic acids is 1. The molecule has 0 saturated heterocycles. The van der Waals surface area contributed by atoms with E-state index in [2.05, 4.69) is 45.9 Å². The molecule has 1 nitrogen and oxygen atoms in total. The van der Waals surface area contributed by atoms with Gasteiger partial charge in [0.1, 0.15) is 5.78 Å². The molecule has 0 amide bonds. The Labute approximate surface area is 93.3 Å². The maximum absolute atomic E-state index is 12.1. The molecular weight excluding hydrogens is 184 g/mol. The molecule has 1 rings (SSSR count). The van der Waals surface area contributed by atoms with Crippen LogP contribution in [-0.2, 0) is 4.79 Å². The van der Waals surface area contributed by atoms with Crippen molar-refractivity contribution in [2.45, 2.75) is 47.0 Å². The zero-order chi connectivity index (χ0) is 11.5. The Kier molecular flexibility index (Phi) is 3.90. The Morgan fingerprint density at radius 3 is 2.60 bits per heavy atom. The summed E-state index contributed by atoms with van der Waals surface area (Å²) >= 11 is 0. The zero-order valence-corrected chi connectivity index (χ0v) is 10.3. The summed E-state index contributed by atoms with van der Waals surface area (Å²) < 4.78 is 0. The van der Waals surface area contributed by atoms with Crippen molar-refractivity contribution >= 4 is 5.78 Å². The molecule has 0 spiro atoms. The molecule has 1 aliphatic carbocycles. The maximum Gasteiger partial charge on any atom is 0.140 e. The minimum Gasteiger partial charge on any atom is -0.299 e. The van der Waals surface area contributed by atoms with Gasteiger partial charge in [0.2, 0.25) is 0 Å². The number of ketones is 1. The van der Waals surface area contributed by atoms with Crippen LogP contribution < -0.4 is 0 Å². The van der Waals surface area contributed by atoms with Gasteiger partial charge in [-0.1, -0.05) is 51.5 Å². The molecule has 0 radical (unpaired) electrons. The van der Waals surface area contributed by atoms with Gasteiger partial charge in [0.15, 0.2) is 0 Å². The van der Waals surface area contributed by atoms with E-state index in [1.165, 1.54) is 5.57 Å². The van der Waals surface area contributed by atoms with Crippen LogP contribution in [0.4, 0.5) is 0 Å². The number of hydrogen-bond donors (Lipinski definition) is 0. The highest BCUT2D eigenvalue weighted by molar-refractivity contribution is 5.85. The van der Waals surface area contributed by atoms with Gasteiger partial charge < -0.3 is 0 Å². The smallest absolute Gasteiger partial charge is 0.140 e. The van der Waals surface area contributed by atoms with Crippen molar-refractivity contribution in [1.29, 1.82) is 0 Å². The first-order valence-electron chi connectivity index (χ1n) is 5.94. The molecule has 0 aromatic carbocycles. The van der Waals surface area contributed by atoms with Crippen LogP contribution in [0.15, 0.2) is 23.8 Å². The molecule has 1 unspecified atom stereocenters. The highest BCUT2D eigenvalue weighted by Gasteiger charge is 2.35. The summed E-state index contributed by atoms with van der Waals surface area (Å²) in [5, 5.41) is 0. The highest BCUT2D eigenvalue weighted by atomic mass is 16.1. The second kappa shape index (κ2) is 4.78. The minimum atomic E-state index is -0.00759. The monoisotopic (exact) mass is 206 g/mol. The van der Waals surface area contributed by atoms with Crippen molar-refractivity contribution in [3.05, 3.63) is 23.8 Å². The fourth-order valence-electron chi connectivity index (χ4n) is 2.42. The summed E-state index contributed by atoms with van der Waals surface area (Å²) in [6.45, 7) is 8.51. The fourth-order valence-corrected chi connectivity index (χ4v) is 2.42. The van der Waals surface area contributed by atoms with Gasteiger partial charge in [-0.15, -0.1) is 0 Å². The molecule has 0 saturated carbocycles. The molecule has 0 aromatic heterocycles. The summed E-state index contributed by atoms with van der Waals surface area (Å²) in [4.78, 5) is 12.1. The Morgan fingerprint density at radius 2 is 2.07 bits per heavy atom. The average Bonchev–Trinajstić information content (AvgIpc) is 2.16. The molecule has 1 heteroatoms. The standard InChI is InChI=1S/C14H22O/c1-5-8-12(15)13-11(6-2)9-7-10-14(13,3)4/h7,9-10,13H,5-6,8H2,1-4H3. The molecule has 0 fully saturated rings. The molecule has 0 aromatic rings. The van der Waals surface area contributed by atoms with Crippen molar-refractivity contribution in [1.82, 2.24) is 0 Å². The van der Waals surface area contributed by atoms with Crippen LogP contribution in [0, 0.1) is 11.3 Å². The average molecular weight is 206 g/mol. The lowest BCUT2D eigenvalue weighted by molar-refractivity contribution is -0.124. The third kappa shape index (κ3) is 2.58. The summed E-state index contributed by atoms with van der Waals surface area (Å²) in [6, 6.07) is 0. The van der Waals surface area contributed by atoms with E-state index in [0.717, 1.165) is 12.8 Å². The van der Waals surface area contributed by atoms with E-state index in [0.29, 0.717) is 12.2 Å². The number of carbonyl (C=O) groups is 1. The maximum atomic E-state index is 12.1. The third-order valence-corrected chi connectivity index (χ3v) is 3.18. The van der Waals surface area contributed by atoms with E-state index >= 15 is 0 Å². The molecule has 15 heavy (non-hydrogen) atoms. The Morgan fingerprint density at radius 1 is 1.40 bits per heavy atom. The van der Waals surface area contributed by atoms with Crippen LogP contribution in [0.25, 0.3) is 0 Å². The van der Waals surface area contributed by atoms with Gasteiger partial charge in [0.05, 0.1) is 0 Å². The number of rotatable bonds is 4. The Balaban J connectivity index is 2.95. The van der Waals surface area contributed by atoms with Crippen LogP contribution in [0.2, 0.25) is 0 Å². The summed E-state index contributed by atoms with van der Waals surface area (Å²) in [5.74, 6) is 0.507. The largest absolute Gasteiger partial charge is 0.299 e. The van der Waals surface area contributed by atoms with Crippen molar-refractivity contribution in [3.63, 3.8) is 0 Å². The van der Waals surface area contributed by atoms with E-state index in [4.69, 9.17) is 0 Å². The number of Topliss-reactive ketones (excluding diaryl/α,β-unsaturated/α-hetero) is 1. The van der Waals surface area contributed by atoms with Gasteiger partial charge in [-0.25, -0.2) is 0 Å². The van der Waals surface area contributed by atoms with E-state index in [-0.39, 0.29) is 11.3 Å². The van der Waals surface area contributed by atoms with Crippen LogP contribution in [0.3, 0.4) is 0 Å². The SMILES string of the molecule is CCCC(=O)C1C(CC)=CC=CC1(C)C. The van der Waals surface area contributed by atoms with Gasteiger partial charge in [0.25, 0.3) is 0 Å². The summed E-state index contributed by atoms with van der Waals surface area (Å²) in [5.41, 5.74) is 1.28. The van der Waals surface area contributed by atoms with E-state index in [1.807, 2.05) is 0 Å². The van der Waals surface area contributed by atoms with Crippen molar-refractivity contribution < 1.29 is 4.79 Å². The normalized spacial score (nSPS) is 23.7. The van der Waals surface area contributed by atoms with Crippen molar-refractivity contribution in [3.8, 4) is 0 Å². The lowest BCUT2D eigenvalue weighted by atomic mass is 9.68. The first kappa shape index (κ1) is 12.2. The lowest BCUT2D eigenvalue weighted by Gasteiger charge is -2.34. The zero-order valence-electron chi connectivity index (χ0n) is 10.3. The fraction of sp³-hybridized carbons (Fsp3) is 0.643. The summed E-state index contributed by atoms with van der Waals surface area (Å²) in [6.07, 6.45) is 9.00. The molecule has 1 atom stereocenters. The molecule has 0 bridgehead atoms. The molecule has 84 valence electrons. The van der Waals surface area contributed by atoms with Gasteiger partial charge in [0, 0.05) is 12.3 Å². The third-order valence-electron chi connectivity index (χ3n) is 3.18. The summed E-state index contributed by atoms with van der Waals surface area (Å²) in [7, 11) is 0. The van der Waals surface area contributed by atoms with Crippen LogP contribution in [0.5, 0.6) is 0 Å². The molecular formula is C14H22O. The molecule has 0 heterocycles. The molecule has 1 aliphatic rings. The first-order chi connectivity index (χ1) is 7.03. The van der Waals surface area contributed by atoms with Crippen LogP contribution in [-0.4, -0.2) is 5.78 Å². The van der Waals surface area contributed by atoms with E-state index in [1.54, 1.807) is 0 Å². The Hall–Kier alpha value is -0.850. The number of allylic oxidation sites excluding steroid dienone is 4. The van der Waals surface area contributed by atoms with E-state index < -0.39 is 0 Å². The lowest BCUT2D eigenvalue weighted by Crippen LogP contribution is -2.32.